The number of aromatic nitrogens is 5. The van der Waals surface area contributed by atoms with Crippen molar-refractivity contribution in [3.8, 4) is 11.4 Å². The third-order valence-electron chi connectivity index (χ3n) is 4.21. The van der Waals surface area contributed by atoms with E-state index in [1.165, 1.54) is 0 Å². The predicted molar refractivity (Wildman–Crippen MR) is 92.4 cm³/mol. The number of nitrogens with two attached hydrogens (primary N) is 1. The molecule has 0 unspecified atom stereocenters. The Balaban J connectivity index is 1.57. The molecule has 1 aliphatic rings. The van der Waals surface area contributed by atoms with Crippen LogP contribution in [0.1, 0.15) is 16.8 Å². The van der Waals surface area contributed by atoms with Gasteiger partial charge in [-0.3, -0.25) is 14.7 Å². The molecule has 0 atom stereocenters. The van der Waals surface area contributed by atoms with Gasteiger partial charge in [0.25, 0.3) is 5.56 Å². The van der Waals surface area contributed by atoms with E-state index in [4.69, 9.17) is 5.73 Å². The van der Waals surface area contributed by atoms with Crippen molar-refractivity contribution in [1.82, 2.24) is 29.8 Å². The SMILES string of the molecule is Nc1ncc(CN2CCc3nc(-c4cccnc4)[nH]c(=O)c3C2)cn1. The highest BCUT2D eigenvalue weighted by atomic mass is 16.1. The van der Waals surface area contributed by atoms with E-state index in [0.717, 1.165) is 35.3 Å². The maximum absolute atomic E-state index is 12.5. The molecule has 4 heterocycles. The molecule has 0 saturated carbocycles. The van der Waals surface area contributed by atoms with Crippen LogP contribution in [0.25, 0.3) is 11.4 Å². The van der Waals surface area contributed by atoms with Gasteiger partial charge in [0.1, 0.15) is 5.82 Å². The molecule has 0 radical (unpaired) electrons. The summed E-state index contributed by atoms with van der Waals surface area (Å²) < 4.78 is 0. The summed E-state index contributed by atoms with van der Waals surface area (Å²) in [6.07, 6.45) is 7.54. The molecule has 3 N–H and O–H groups in total. The fraction of sp³-hybridized carbons (Fsp3) is 0.235. The summed E-state index contributed by atoms with van der Waals surface area (Å²) in [7, 11) is 0. The van der Waals surface area contributed by atoms with Gasteiger partial charge >= 0.3 is 0 Å². The lowest BCUT2D eigenvalue weighted by atomic mass is 10.1. The maximum atomic E-state index is 12.5. The number of hydrogen-bond donors (Lipinski definition) is 2. The fourth-order valence-corrected chi connectivity index (χ4v) is 2.96. The highest BCUT2D eigenvalue weighted by Crippen LogP contribution is 2.19. The highest BCUT2D eigenvalue weighted by Gasteiger charge is 2.21. The lowest BCUT2D eigenvalue weighted by Gasteiger charge is -2.27. The van der Waals surface area contributed by atoms with Crippen LogP contribution in [0.3, 0.4) is 0 Å². The number of nitrogens with one attached hydrogen (secondary N) is 1. The number of nitrogens with zero attached hydrogens (tertiary/aromatic N) is 5. The summed E-state index contributed by atoms with van der Waals surface area (Å²) in [6.45, 7) is 2.04. The Morgan fingerprint density at radius 3 is 2.84 bits per heavy atom. The summed E-state index contributed by atoms with van der Waals surface area (Å²) in [5.74, 6) is 0.827. The second-order valence-corrected chi connectivity index (χ2v) is 5.99. The number of aromatic amines is 1. The van der Waals surface area contributed by atoms with Gasteiger partial charge in [0.05, 0.1) is 11.3 Å². The van der Waals surface area contributed by atoms with E-state index < -0.39 is 0 Å². The van der Waals surface area contributed by atoms with Gasteiger partial charge in [0, 0.05) is 62.0 Å². The highest BCUT2D eigenvalue weighted by molar-refractivity contribution is 5.53. The van der Waals surface area contributed by atoms with Crippen LogP contribution in [0.2, 0.25) is 0 Å². The molecule has 0 bridgehead atoms. The van der Waals surface area contributed by atoms with E-state index >= 15 is 0 Å². The van der Waals surface area contributed by atoms with Crippen LogP contribution in [0, 0.1) is 0 Å². The Bertz CT molecular complexity index is 937. The lowest BCUT2D eigenvalue weighted by molar-refractivity contribution is 0.241. The minimum atomic E-state index is -0.0953. The third-order valence-corrected chi connectivity index (χ3v) is 4.21. The van der Waals surface area contributed by atoms with Gasteiger partial charge in [-0.25, -0.2) is 15.0 Å². The zero-order valence-electron chi connectivity index (χ0n) is 13.5. The zero-order chi connectivity index (χ0) is 17.2. The Morgan fingerprint density at radius 2 is 2.08 bits per heavy atom. The molecule has 8 heteroatoms. The van der Waals surface area contributed by atoms with E-state index in [9.17, 15) is 4.79 Å². The van der Waals surface area contributed by atoms with Crippen molar-refractivity contribution in [1.29, 1.82) is 0 Å². The molecule has 1 aliphatic heterocycles. The van der Waals surface area contributed by atoms with E-state index in [-0.39, 0.29) is 11.5 Å². The van der Waals surface area contributed by atoms with Gasteiger partial charge in [-0.1, -0.05) is 0 Å². The monoisotopic (exact) mass is 335 g/mol. The van der Waals surface area contributed by atoms with E-state index in [1.807, 2.05) is 12.1 Å². The Kier molecular flexibility index (Phi) is 3.95. The third kappa shape index (κ3) is 3.24. The summed E-state index contributed by atoms with van der Waals surface area (Å²) in [4.78, 5) is 34.3. The quantitative estimate of drug-likeness (QED) is 0.726. The average molecular weight is 335 g/mol. The average Bonchev–Trinajstić information content (AvgIpc) is 2.65. The van der Waals surface area contributed by atoms with Gasteiger partial charge in [0.15, 0.2) is 0 Å². The minimum absolute atomic E-state index is 0.0953. The normalized spacial score (nSPS) is 14.2. The first-order valence-electron chi connectivity index (χ1n) is 8.00. The molecule has 8 nitrogen and oxygen atoms in total. The van der Waals surface area contributed by atoms with E-state index in [1.54, 1.807) is 24.8 Å². The molecule has 0 aliphatic carbocycles. The van der Waals surface area contributed by atoms with Crippen molar-refractivity contribution in [2.24, 2.45) is 0 Å². The summed E-state index contributed by atoms with van der Waals surface area (Å²) >= 11 is 0. The van der Waals surface area contributed by atoms with Crippen LogP contribution < -0.4 is 11.3 Å². The second kappa shape index (κ2) is 6.40. The largest absolute Gasteiger partial charge is 0.368 e. The van der Waals surface area contributed by atoms with Crippen LogP contribution in [-0.4, -0.2) is 36.4 Å². The van der Waals surface area contributed by atoms with Gasteiger partial charge in [0.2, 0.25) is 5.95 Å². The van der Waals surface area contributed by atoms with Gasteiger partial charge < -0.3 is 10.7 Å². The van der Waals surface area contributed by atoms with Gasteiger partial charge in [-0.15, -0.1) is 0 Å². The molecule has 3 aromatic heterocycles. The molecule has 4 rings (SSSR count). The number of anilines is 1. The van der Waals surface area contributed by atoms with Crippen LogP contribution in [0.15, 0.2) is 41.7 Å². The number of nitrogen functional groups attached to an aromatic ring is 1. The molecule has 0 fully saturated rings. The fourth-order valence-electron chi connectivity index (χ4n) is 2.96. The topological polar surface area (TPSA) is 114 Å². The van der Waals surface area contributed by atoms with Crippen molar-refractivity contribution < 1.29 is 0 Å². The summed E-state index contributed by atoms with van der Waals surface area (Å²) in [6, 6.07) is 3.71. The van der Waals surface area contributed by atoms with Crippen molar-refractivity contribution in [2.45, 2.75) is 19.5 Å². The van der Waals surface area contributed by atoms with Gasteiger partial charge in [-0.05, 0) is 12.1 Å². The van der Waals surface area contributed by atoms with E-state index in [0.29, 0.717) is 18.9 Å². The molecule has 25 heavy (non-hydrogen) atoms. The second-order valence-electron chi connectivity index (χ2n) is 5.99. The number of fused-ring (bicyclic) bond motifs is 1. The van der Waals surface area contributed by atoms with Crippen molar-refractivity contribution in [2.75, 3.05) is 12.3 Å². The van der Waals surface area contributed by atoms with Crippen LogP contribution in [0.5, 0.6) is 0 Å². The maximum Gasteiger partial charge on any atom is 0.255 e. The predicted octanol–water partition coefficient (Wildman–Crippen LogP) is 0.762. The van der Waals surface area contributed by atoms with Crippen molar-refractivity contribution in [3.63, 3.8) is 0 Å². The first-order valence-corrected chi connectivity index (χ1v) is 8.00. The number of hydrogen-bond acceptors (Lipinski definition) is 7. The summed E-state index contributed by atoms with van der Waals surface area (Å²) in [5, 5.41) is 0. The minimum Gasteiger partial charge on any atom is -0.368 e. The smallest absolute Gasteiger partial charge is 0.255 e. The first-order chi connectivity index (χ1) is 12.2. The molecule has 0 saturated heterocycles. The van der Waals surface area contributed by atoms with Crippen molar-refractivity contribution in [3.05, 3.63) is 64.1 Å². The Hall–Kier alpha value is -3.13. The van der Waals surface area contributed by atoms with Crippen molar-refractivity contribution >= 4 is 5.95 Å². The van der Waals surface area contributed by atoms with E-state index in [2.05, 4.69) is 29.8 Å². The molecular formula is C17H17N7O. The first kappa shape index (κ1) is 15.4. The van der Waals surface area contributed by atoms with Crippen LogP contribution in [0.4, 0.5) is 5.95 Å². The number of pyridine rings is 1. The molecule has 0 aromatic carbocycles. The summed E-state index contributed by atoms with van der Waals surface area (Å²) in [5.41, 5.74) is 8.76. The number of rotatable bonds is 3. The Labute approximate surface area is 143 Å². The number of H-pyrrole nitrogens is 1. The molecular weight excluding hydrogens is 318 g/mol. The Morgan fingerprint density at radius 1 is 1.24 bits per heavy atom. The molecule has 126 valence electrons. The lowest BCUT2D eigenvalue weighted by Crippen LogP contribution is -2.35. The standard InChI is InChI=1S/C17H17N7O/c18-17-20-6-11(7-21-17)9-24-5-3-14-13(10-24)16(25)23-15(22-14)12-2-1-4-19-8-12/h1-2,4,6-8H,3,5,9-10H2,(H2,18,20,21)(H,22,23,25). The zero-order valence-corrected chi connectivity index (χ0v) is 13.5. The van der Waals surface area contributed by atoms with Crippen LogP contribution in [-0.2, 0) is 19.5 Å². The molecule has 0 spiro atoms. The van der Waals surface area contributed by atoms with Crippen LogP contribution >= 0.6 is 0 Å². The van der Waals surface area contributed by atoms with Gasteiger partial charge in [-0.2, -0.15) is 0 Å². The molecule has 0 amide bonds. The molecule has 3 aromatic rings.